The number of nitrogens with zero attached hydrogens (tertiary/aromatic N) is 5. The van der Waals surface area contributed by atoms with Gasteiger partial charge in [0.25, 0.3) is 0 Å². The van der Waals surface area contributed by atoms with Crippen LogP contribution in [-0.4, -0.2) is 37.2 Å². The van der Waals surface area contributed by atoms with E-state index in [-0.39, 0.29) is 11.7 Å². The normalized spacial score (nSPS) is 10.6. The number of amides is 1. The molecule has 0 unspecified atom stereocenters. The van der Waals surface area contributed by atoms with Gasteiger partial charge in [-0.15, -0.1) is 10.2 Å². The molecule has 0 saturated carbocycles. The maximum absolute atomic E-state index is 11.0. The van der Waals surface area contributed by atoms with Gasteiger partial charge in [-0.25, -0.2) is 4.63 Å². The summed E-state index contributed by atoms with van der Waals surface area (Å²) in [6.45, 7) is 4.04. The first-order valence-corrected chi connectivity index (χ1v) is 6.47. The minimum atomic E-state index is -0.250. The molecule has 96 valence electrons. The molecule has 0 aliphatic heterocycles. The molecule has 0 saturated heterocycles. The number of anilines is 1. The van der Waals surface area contributed by atoms with Crippen molar-refractivity contribution in [1.82, 2.24) is 25.1 Å². The highest BCUT2D eigenvalue weighted by molar-refractivity contribution is 7.98. The van der Waals surface area contributed by atoms with Crippen molar-refractivity contribution >= 4 is 23.5 Å². The third-order valence-electron chi connectivity index (χ3n) is 2.21. The van der Waals surface area contributed by atoms with E-state index >= 15 is 0 Å². The van der Waals surface area contributed by atoms with Crippen LogP contribution in [0.25, 0.3) is 11.5 Å². The first-order valence-electron chi connectivity index (χ1n) is 5.25. The molecule has 0 fully saturated rings. The van der Waals surface area contributed by atoms with Gasteiger partial charge in [0.2, 0.25) is 11.7 Å². The summed E-state index contributed by atoms with van der Waals surface area (Å²) < 4.78 is 6.51. The largest absolute Gasteiger partial charge is 0.306 e. The summed E-state index contributed by atoms with van der Waals surface area (Å²) in [6.07, 6.45) is 1.91. The zero-order valence-corrected chi connectivity index (χ0v) is 11.0. The van der Waals surface area contributed by atoms with Gasteiger partial charge in [-0.1, -0.05) is 11.8 Å². The molecule has 0 bridgehead atoms. The Hall–Kier alpha value is -1.90. The lowest BCUT2D eigenvalue weighted by molar-refractivity contribution is -0.114. The second-order valence-electron chi connectivity index (χ2n) is 3.40. The predicted octanol–water partition coefficient (Wildman–Crippen LogP) is 1.03. The molecule has 1 amide bonds. The summed E-state index contributed by atoms with van der Waals surface area (Å²) in [7, 11) is 0. The molecule has 18 heavy (non-hydrogen) atoms. The van der Waals surface area contributed by atoms with Crippen LogP contribution in [0.3, 0.4) is 0 Å². The Morgan fingerprint density at radius 1 is 1.44 bits per heavy atom. The van der Waals surface area contributed by atoms with Crippen molar-refractivity contribution < 1.29 is 9.42 Å². The number of nitrogens with one attached hydrogen (secondary N) is 1. The molecule has 0 aliphatic rings. The molecule has 2 rings (SSSR count). The fraction of sp³-hybridized carbons (Fsp3) is 0.444. The number of carbonyl (C=O) groups is 1. The maximum Gasteiger partial charge on any atom is 0.222 e. The van der Waals surface area contributed by atoms with Gasteiger partial charge < -0.3 is 9.88 Å². The highest BCUT2D eigenvalue weighted by Gasteiger charge is 2.21. The zero-order valence-electron chi connectivity index (χ0n) is 10.2. The first kappa shape index (κ1) is 12.6. The van der Waals surface area contributed by atoms with Gasteiger partial charge in [-0.2, -0.15) is 0 Å². The van der Waals surface area contributed by atoms with Gasteiger partial charge in [-0.3, -0.25) is 4.79 Å². The highest BCUT2D eigenvalue weighted by atomic mass is 32.2. The second-order valence-corrected chi connectivity index (χ2v) is 4.17. The Balaban J connectivity index is 2.45. The molecular weight excluding hydrogens is 256 g/mol. The highest BCUT2D eigenvalue weighted by Crippen LogP contribution is 2.25. The maximum atomic E-state index is 11.0. The SMILES string of the molecule is CCn1c(SC)nnc1-c1nonc1NC(C)=O. The van der Waals surface area contributed by atoms with E-state index in [1.54, 1.807) is 0 Å². The summed E-state index contributed by atoms with van der Waals surface area (Å²) in [5, 5.41) is 18.8. The van der Waals surface area contributed by atoms with Crippen molar-refractivity contribution in [2.24, 2.45) is 0 Å². The van der Waals surface area contributed by atoms with Crippen LogP contribution in [0.5, 0.6) is 0 Å². The Kier molecular flexibility index (Phi) is 3.60. The van der Waals surface area contributed by atoms with Crippen LogP contribution in [0, 0.1) is 0 Å². The van der Waals surface area contributed by atoms with E-state index in [0.29, 0.717) is 18.1 Å². The number of aromatic nitrogens is 5. The lowest BCUT2D eigenvalue weighted by Crippen LogP contribution is -2.08. The van der Waals surface area contributed by atoms with Crippen LogP contribution in [0.15, 0.2) is 9.79 Å². The molecule has 9 heteroatoms. The molecular formula is C9H12N6O2S. The Morgan fingerprint density at radius 2 is 2.22 bits per heavy atom. The van der Waals surface area contributed by atoms with Crippen molar-refractivity contribution in [2.45, 2.75) is 25.5 Å². The number of rotatable bonds is 4. The van der Waals surface area contributed by atoms with E-state index in [1.165, 1.54) is 18.7 Å². The number of thioether (sulfide) groups is 1. The fourth-order valence-electron chi connectivity index (χ4n) is 1.48. The monoisotopic (exact) mass is 268 g/mol. The first-order chi connectivity index (χ1) is 8.67. The Labute approximate surface area is 107 Å². The van der Waals surface area contributed by atoms with Gasteiger partial charge >= 0.3 is 0 Å². The van der Waals surface area contributed by atoms with Crippen molar-refractivity contribution in [3.8, 4) is 11.5 Å². The number of hydrogen-bond donors (Lipinski definition) is 1. The van der Waals surface area contributed by atoms with Crippen LogP contribution in [0.4, 0.5) is 5.82 Å². The smallest absolute Gasteiger partial charge is 0.222 e. The third-order valence-corrected chi connectivity index (χ3v) is 2.88. The molecule has 1 N–H and O–H groups in total. The lowest BCUT2D eigenvalue weighted by atomic mass is 10.4. The standard InChI is InChI=1S/C9H12N6O2S/c1-4-15-8(11-12-9(15)18-3)6-7(10-5(2)16)14-17-13-6/h4H2,1-3H3,(H,10,14,16). The van der Waals surface area contributed by atoms with Crippen LogP contribution in [-0.2, 0) is 11.3 Å². The molecule has 2 heterocycles. The van der Waals surface area contributed by atoms with Gasteiger partial charge in [0.15, 0.2) is 16.7 Å². The van der Waals surface area contributed by atoms with Gasteiger partial charge in [-0.05, 0) is 23.5 Å². The summed E-state index contributed by atoms with van der Waals surface area (Å²) >= 11 is 1.48. The Morgan fingerprint density at radius 3 is 2.83 bits per heavy atom. The molecule has 0 spiro atoms. The zero-order chi connectivity index (χ0) is 13.1. The van der Waals surface area contributed by atoms with Gasteiger partial charge in [0.05, 0.1) is 0 Å². The van der Waals surface area contributed by atoms with Crippen LogP contribution in [0.1, 0.15) is 13.8 Å². The van der Waals surface area contributed by atoms with Crippen molar-refractivity contribution in [2.75, 3.05) is 11.6 Å². The summed E-state index contributed by atoms with van der Waals surface area (Å²) in [5.41, 5.74) is 0.375. The molecule has 0 aromatic carbocycles. The number of carbonyl (C=O) groups excluding carboxylic acids is 1. The van der Waals surface area contributed by atoms with Crippen LogP contribution in [0.2, 0.25) is 0 Å². The summed E-state index contributed by atoms with van der Waals surface area (Å²) in [6, 6.07) is 0. The average molecular weight is 268 g/mol. The summed E-state index contributed by atoms with van der Waals surface area (Å²) in [4.78, 5) is 11.0. The number of hydrogen-bond acceptors (Lipinski definition) is 7. The van der Waals surface area contributed by atoms with E-state index in [1.807, 2.05) is 17.7 Å². The van der Waals surface area contributed by atoms with Gasteiger partial charge in [0.1, 0.15) is 0 Å². The predicted molar refractivity (Wildman–Crippen MR) is 65.1 cm³/mol. The summed E-state index contributed by atoms with van der Waals surface area (Å²) in [5.74, 6) is 0.517. The minimum Gasteiger partial charge on any atom is -0.306 e. The molecule has 0 radical (unpaired) electrons. The second kappa shape index (κ2) is 5.17. The quantitative estimate of drug-likeness (QED) is 0.826. The average Bonchev–Trinajstić information content (AvgIpc) is 2.92. The van der Waals surface area contributed by atoms with Crippen LogP contribution >= 0.6 is 11.8 Å². The van der Waals surface area contributed by atoms with Crippen molar-refractivity contribution in [3.63, 3.8) is 0 Å². The molecule has 0 aliphatic carbocycles. The van der Waals surface area contributed by atoms with E-state index in [0.717, 1.165) is 5.16 Å². The molecule has 2 aromatic rings. The van der Waals surface area contributed by atoms with Crippen LogP contribution < -0.4 is 5.32 Å². The topological polar surface area (TPSA) is 98.7 Å². The minimum absolute atomic E-state index is 0.247. The van der Waals surface area contributed by atoms with E-state index in [2.05, 4.69) is 30.5 Å². The Bertz CT molecular complexity index is 563. The van der Waals surface area contributed by atoms with E-state index < -0.39 is 0 Å². The fourth-order valence-corrected chi connectivity index (χ4v) is 2.04. The molecule has 2 aromatic heterocycles. The molecule has 8 nitrogen and oxygen atoms in total. The molecule has 0 atom stereocenters. The van der Waals surface area contributed by atoms with Gasteiger partial charge in [0, 0.05) is 13.5 Å². The third kappa shape index (κ3) is 2.21. The van der Waals surface area contributed by atoms with Crippen molar-refractivity contribution in [1.29, 1.82) is 0 Å². The van der Waals surface area contributed by atoms with Crippen molar-refractivity contribution in [3.05, 3.63) is 0 Å². The van der Waals surface area contributed by atoms with E-state index in [4.69, 9.17) is 0 Å². The lowest BCUT2D eigenvalue weighted by Gasteiger charge is -2.04. The van der Waals surface area contributed by atoms with E-state index in [9.17, 15) is 4.79 Å².